The van der Waals surface area contributed by atoms with Crippen molar-refractivity contribution in [3.05, 3.63) is 69.2 Å². The van der Waals surface area contributed by atoms with E-state index in [2.05, 4.69) is 5.32 Å². The van der Waals surface area contributed by atoms with E-state index >= 15 is 0 Å². The zero-order valence-electron chi connectivity index (χ0n) is 15.3. The third-order valence-corrected chi connectivity index (χ3v) is 4.50. The molecule has 0 unspecified atom stereocenters. The van der Waals surface area contributed by atoms with Crippen LogP contribution in [0.4, 0.5) is 0 Å². The molecule has 0 aromatic heterocycles. The lowest BCUT2D eigenvalue weighted by molar-refractivity contribution is -0.129. The van der Waals surface area contributed by atoms with Gasteiger partial charge in [-0.1, -0.05) is 41.4 Å². The molecule has 0 saturated carbocycles. The molecule has 1 N–H and O–H groups in total. The van der Waals surface area contributed by atoms with E-state index in [1.807, 2.05) is 0 Å². The molecule has 0 heterocycles. The summed E-state index contributed by atoms with van der Waals surface area (Å²) in [5, 5.41) is 3.75. The highest BCUT2D eigenvalue weighted by molar-refractivity contribution is 6.35. The number of ether oxygens (including phenoxy) is 2. The molecule has 2 aromatic rings. The van der Waals surface area contributed by atoms with E-state index in [1.54, 1.807) is 56.5 Å². The van der Waals surface area contributed by atoms with Gasteiger partial charge in [0.05, 0.1) is 18.2 Å². The fraction of sp³-hybridized carbons (Fsp3) is 0.300. The van der Waals surface area contributed by atoms with E-state index in [0.717, 1.165) is 11.1 Å². The second-order valence-corrected chi connectivity index (χ2v) is 6.92. The first-order valence-corrected chi connectivity index (χ1v) is 9.11. The van der Waals surface area contributed by atoms with Gasteiger partial charge in [-0.15, -0.1) is 0 Å². The molecule has 0 aliphatic carbocycles. The van der Waals surface area contributed by atoms with Crippen molar-refractivity contribution < 1.29 is 19.1 Å². The Labute approximate surface area is 168 Å². The monoisotopic (exact) mass is 409 g/mol. The topological polar surface area (TPSA) is 64.6 Å². The van der Waals surface area contributed by atoms with Crippen molar-refractivity contribution in [2.24, 2.45) is 0 Å². The predicted octanol–water partition coefficient (Wildman–Crippen LogP) is 4.56. The van der Waals surface area contributed by atoms with E-state index in [4.69, 9.17) is 32.7 Å². The molecule has 2 atom stereocenters. The number of esters is 1. The minimum Gasteiger partial charge on any atom is -0.449 e. The van der Waals surface area contributed by atoms with Gasteiger partial charge in [0.1, 0.15) is 0 Å². The van der Waals surface area contributed by atoms with Crippen LogP contribution in [0.15, 0.2) is 42.5 Å². The number of carbonyl (C=O) groups excluding carboxylic acids is 2. The van der Waals surface area contributed by atoms with E-state index in [0.29, 0.717) is 22.2 Å². The maximum absolute atomic E-state index is 12.3. The predicted molar refractivity (Wildman–Crippen MR) is 105 cm³/mol. The molecule has 2 aromatic carbocycles. The summed E-state index contributed by atoms with van der Waals surface area (Å²) in [5.41, 5.74) is 2.03. The Kier molecular flexibility index (Phi) is 7.66. The Hall–Kier alpha value is -2.08. The van der Waals surface area contributed by atoms with Crippen molar-refractivity contribution in [1.82, 2.24) is 5.32 Å². The summed E-state index contributed by atoms with van der Waals surface area (Å²) in [5.74, 6) is -0.989. The molecule has 1 amide bonds. The fourth-order valence-electron chi connectivity index (χ4n) is 2.45. The molecular weight excluding hydrogens is 389 g/mol. The van der Waals surface area contributed by atoms with Crippen LogP contribution in [-0.2, 0) is 20.9 Å². The summed E-state index contributed by atoms with van der Waals surface area (Å²) >= 11 is 12.0. The number of nitrogens with one attached hydrogen (secondary N) is 1. The maximum Gasteiger partial charge on any atom is 0.338 e. The normalized spacial score (nSPS) is 12.9. The molecular formula is C20H21Cl2NO4. The molecule has 0 aliphatic rings. The van der Waals surface area contributed by atoms with Gasteiger partial charge in [0.15, 0.2) is 6.10 Å². The molecule has 0 bridgehead atoms. The quantitative estimate of drug-likeness (QED) is 0.680. The first-order chi connectivity index (χ1) is 12.8. The lowest BCUT2D eigenvalue weighted by Gasteiger charge is -2.19. The number of hydrogen-bond donors (Lipinski definition) is 1. The summed E-state index contributed by atoms with van der Waals surface area (Å²) in [6.07, 6.45) is -0.954. The fourth-order valence-corrected chi connectivity index (χ4v) is 3.02. The highest BCUT2D eigenvalue weighted by atomic mass is 35.5. The van der Waals surface area contributed by atoms with Gasteiger partial charge in [-0.05, 0) is 49.2 Å². The van der Waals surface area contributed by atoms with Gasteiger partial charge in [0.2, 0.25) is 0 Å². The van der Waals surface area contributed by atoms with Crippen LogP contribution in [0.25, 0.3) is 0 Å². The number of benzene rings is 2. The molecule has 5 nitrogen and oxygen atoms in total. The highest BCUT2D eigenvalue weighted by Gasteiger charge is 2.21. The van der Waals surface area contributed by atoms with Crippen LogP contribution >= 0.6 is 23.2 Å². The van der Waals surface area contributed by atoms with Gasteiger partial charge in [-0.25, -0.2) is 4.79 Å². The molecule has 0 aliphatic heterocycles. The van der Waals surface area contributed by atoms with Crippen LogP contribution in [0.2, 0.25) is 10.0 Å². The Morgan fingerprint density at radius 1 is 1.07 bits per heavy atom. The third-order valence-electron chi connectivity index (χ3n) is 3.94. The van der Waals surface area contributed by atoms with Crippen molar-refractivity contribution in [3.63, 3.8) is 0 Å². The molecule has 0 radical (unpaired) electrons. The number of halogens is 2. The Bertz CT molecular complexity index is 808. The number of methoxy groups -OCH3 is 1. The van der Waals surface area contributed by atoms with Crippen LogP contribution in [0, 0.1) is 0 Å². The zero-order valence-corrected chi connectivity index (χ0v) is 16.8. The summed E-state index contributed by atoms with van der Waals surface area (Å²) < 4.78 is 10.3. The van der Waals surface area contributed by atoms with Crippen LogP contribution in [0.3, 0.4) is 0 Å². The maximum atomic E-state index is 12.3. The standard InChI is InChI=1S/C20H21Cl2NO4/c1-12(17-9-8-16(21)10-18(17)22)23-19(24)13(2)27-20(25)15-6-4-14(5-7-15)11-26-3/h4-10,12-13H,11H2,1-3H3,(H,23,24)/t12-,13+/m1/s1. The van der Waals surface area contributed by atoms with Gasteiger partial charge in [-0.2, -0.15) is 0 Å². The van der Waals surface area contributed by atoms with Gasteiger partial charge < -0.3 is 14.8 Å². The van der Waals surface area contributed by atoms with Crippen LogP contribution in [0.5, 0.6) is 0 Å². The van der Waals surface area contributed by atoms with Crippen molar-refractivity contribution >= 4 is 35.1 Å². The second kappa shape index (κ2) is 9.74. The van der Waals surface area contributed by atoms with E-state index in [-0.39, 0.29) is 6.04 Å². The molecule has 27 heavy (non-hydrogen) atoms. The molecule has 0 fully saturated rings. The molecule has 7 heteroatoms. The number of amides is 1. The summed E-state index contributed by atoms with van der Waals surface area (Å²) in [6, 6.07) is 11.5. The molecule has 0 saturated heterocycles. The van der Waals surface area contributed by atoms with Crippen LogP contribution < -0.4 is 5.32 Å². The average molecular weight is 410 g/mol. The minimum atomic E-state index is -0.954. The summed E-state index contributed by atoms with van der Waals surface area (Å²) in [6.45, 7) is 3.76. The van der Waals surface area contributed by atoms with Crippen molar-refractivity contribution in [1.29, 1.82) is 0 Å². The molecule has 2 rings (SSSR count). The first-order valence-electron chi connectivity index (χ1n) is 8.36. The zero-order chi connectivity index (χ0) is 20.0. The third kappa shape index (κ3) is 5.96. The lowest BCUT2D eigenvalue weighted by atomic mass is 10.1. The first kappa shape index (κ1) is 21.2. The van der Waals surface area contributed by atoms with Crippen LogP contribution in [-0.4, -0.2) is 25.1 Å². The average Bonchev–Trinajstić information content (AvgIpc) is 2.62. The van der Waals surface area contributed by atoms with Gasteiger partial charge in [-0.3, -0.25) is 4.79 Å². The smallest absolute Gasteiger partial charge is 0.338 e. The Morgan fingerprint density at radius 2 is 1.74 bits per heavy atom. The van der Waals surface area contributed by atoms with Crippen LogP contribution in [0.1, 0.15) is 41.4 Å². The van der Waals surface area contributed by atoms with Crippen molar-refractivity contribution in [3.8, 4) is 0 Å². The van der Waals surface area contributed by atoms with Gasteiger partial charge in [0, 0.05) is 17.2 Å². The molecule has 0 spiro atoms. The second-order valence-electron chi connectivity index (χ2n) is 6.07. The summed E-state index contributed by atoms with van der Waals surface area (Å²) in [4.78, 5) is 24.5. The van der Waals surface area contributed by atoms with Crippen molar-refractivity contribution in [2.75, 3.05) is 7.11 Å². The SMILES string of the molecule is COCc1ccc(C(=O)O[C@@H](C)C(=O)N[C@H](C)c2ccc(Cl)cc2Cl)cc1. The van der Waals surface area contributed by atoms with Gasteiger partial charge >= 0.3 is 5.97 Å². The Morgan fingerprint density at radius 3 is 2.33 bits per heavy atom. The van der Waals surface area contributed by atoms with Crippen molar-refractivity contribution in [2.45, 2.75) is 32.6 Å². The van der Waals surface area contributed by atoms with E-state index < -0.39 is 18.0 Å². The van der Waals surface area contributed by atoms with E-state index in [9.17, 15) is 9.59 Å². The Balaban J connectivity index is 1.95. The summed E-state index contributed by atoms with van der Waals surface area (Å²) in [7, 11) is 1.60. The lowest BCUT2D eigenvalue weighted by Crippen LogP contribution is -2.37. The van der Waals surface area contributed by atoms with Gasteiger partial charge in [0.25, 0.3) is 5.91 Å². The highest BCUT2D eigenvalue weighted by Crippen LogP contribution is 2.26. The molecule has 144 valence electrons. The minimum absolute atomic E-state index is 0.364. The largest absolute Gasteiger partial charge is 0.449 e. The number of carbonyl (C=O) groups is 2. The number of hydrogen-bond acceptors (Lipinski definition) is 4. The number of rotatable bonds is 7. The van der Waals surface area contributed by atoms with E-state index in [1.165, 1.54) is 6.92 Å².